The molecule has 0 aromatic heterocycles. The Hall–Kier alpha value is -2.54. The maximum Gasteiger partial charge on any atom is 0.267 e. The SMILES string of the molecule is Cc1ccc(NC(=O)[C@@H]2CN(S(C)(=O)=O)c3cc(C(C)(C)C)ccc3O2)c(C)c1. The van der Waals surface area contributed by atoms with Crippen molar-refractivity contribution in [3.63, 3.8) is 0 Å². The summed E-state index contributed by atoms with van der Waals surface area (Å²) in [5.41, 5.74) is 4.03. The fourth-order valence-electron chi connectivity index (χ4n) is 3.34. The second kappa shape index (κ2) is 7.37. The number of hydrogen-bond donors (Lipinski definition) is 1. The molecule has 0 aliphatic carbocycles. The van der Waals surface area contributed by atoms with Crippen LogP contribution in [0.1, 0.15) is 37.5 Å². The predicted molar refractivity (Wildman–Crippen MR) is 116 cm³/mol. The van der Waals surface area contributed by atoms with Crippen molar-refractivity contribution in [2.45, 2.75) is 46.1 Å². The Morgan fingerprint density at radius 1 is 1.14 bits per heavy atom. The summed E-state index contributed by atoms with van der Waals surface area (Å²) in [6.45, 7) is 10.00. The highest BCUT2D eigenvalue weighted by molar-refractivity contribution is 7.92. The van der Waals surface area contributed by atoms with Crippen LogP contribution in [-0.4, -0.2) is 33.2 Å². The van der Waals surface area contributed by atoms with Crippen LogP contribution >= 0.6 is 0 Å². The lowest BCUT2D eigenvalue weighted by molar-refractivity contribution is -0.122. The number of hydrogen-bond acceptors (Lipinski definition) is 4. The summed E-state index contributed by atoms with van der Waals surface area (Å²) in [6.07, 6.45) is 0.198. The molecule has 6 nitrogen and oxygen atoms in total. The summed E-state index contributed by atoms with van der Waals surface area (Å²) >= 11 is 0. The Kier molecular flexibility index (Phi) is 5.38. The Morgan fingerprint density at radius 3 is 2.41 bits per heavy atom. The van der Waals surface area contributed by atoms with Gasteiger partial charge in [0.25, 0.3) is 5.91 Å². The van der Waals surface area contributed by atoms with E-state index in [1.807, 2.05) is 44.2 Å². The third-order valence-electron chi connectivity index (χ3n) is 5.03. The zero-order valence-electron chi connectivity index (χ0n) is 17.7. The Morgan fingerprint density at radius 2 is 1.83 bits per heavy atom. The molecule has 1 atom stereocenters. The minimum Gasteiger partial charge on any atom is -0.476 e. The number of carbonyl (C=O) groups excluding carboxylic acids is 1. The molecule has 0 fully saturated rings. The van der Waals surface area contributed by atoms with Crippen LogP contribution in [0.15, 0.2) is 36.4 Å². The van der Waals surface area contributed by atoms with E-state index in [1.54, 1.807) is 6.07 Å². The third kappa shape index (κ3) is 4.56. The first-order chi connectivity index (χ1) is 13.4. The quantitative estimate of drug-likeness (QED) is 0.826. The normalized spacial score (nSPS) is 16.8. The summed E-state index contributed by atoms with van der Waals surface area (Å²) in [6, 6.07) is 11.2. The minimum atomic E-state index is -3.58. The van der Waals surface area contributed by atoms with E-state index < -0.39 is 16.1 Å². The van der Waals surface area contributed by atoms with E-state index in [1.165, 1.54) is 4.31 Å². The Bertz CT molecular complexity index is 1050. The van der Waals surface area contributed by atoms with Crippen LogP contribution in [0.2, 0.25) is 0 Å². The summed E-state index contributed by atoms with van der Waals surface area (Å²) in [7, 11) is -3.58. The van der Waals surface area contributed by atoms with Crippen molar-refractivity contribution < 1.29 is 17.9 Å². The number of fused-ring (bicyclic) bond motifs is 1. The van der Waals surface area contributed by atoms with Gasteiger partial charge in [0, 0.05) is 5.69 Å². The van der Waals surface area contributed by atoms with E-state index in [0.29, 0.717) is 17.1 Å². The molecular weight excluding hydrogens is 388 g/mol. The molecule has 2 aromatic rings. The second-order valence-electron chi connectivity index (χ2n) is 8.64. The lowest BCUT2D eigenvalue weighted by Gasteiger charge is -2.35. The van der Waals surface area contributed by atoms with Crippen molar-refractivity contribution in [1.82, 2.24) is 0 Å². The first-order valence-electron chi connectivity index (χ1n) is 9.53. The molecule has 2 aromatic carbocycles. The average molecular weight is 417 g/mol. The molecule has 1 amide bonds. The van der Waals surface area contributed by atoms with E-state index in [4.69, 9.17) is 4.74 Å². The van der Waals surface area contributed by atoms with Gasteiger partial charge < -0.3 is 10.1 Å². The number of benzene rings is 2. The number of aryl methyl sites for hydroxylation is 2. The van der Waals surface area contributed by atoms with Gasteiger partial charge in [0.2, 0.25) is 10.0 Å². The smallest absolute Gasteiger partial charge is 0.267 e. The molecule has 29 heavy (non-hydrogen) atoms. The minimum absolute atomic E-state index is 0.0732. The van der Waals surface area contributed by atoms with Gasteiger partial charge in [-0.2, -0.15) is 0 Å². The summed E-state index contributed by atoms with van der Waals surface area (Å²) in [5.74, 6) is 0.00611. The van der Waals surface area contributed by atoms with Crippen LogP contribution in [0.4, 0.5) is 11.4 Å². The lowest BCUT2D eigenvalue weighted by Crippen LogP contribution is -2.48. The molecule has 0 saturated heterocycles. The van der Waals surface area contributed by atoms with Gasteiger partial charge in [0.15, 0.2) is 6.10 Å². The van der Waals surface area contributed by atoms with E-state index in [9.17, 15) is 13.2 Å². The molecule has 1 aliphatic rings. The van der Waals surface area contributed by atoms with Gasteiger partial charge in [-0.05, 0) is 48.6 Å². The van der Waals surface area contributed by atoms with Gasteiger partial charge in [-0.3, -0.25) is 9.10 Å². The molecular formula is C22H28N2O4S. The number of rotatable bonds is 3. The number of sulfonamides is 1. The van der Waals surface area contributed by atoms with Crippen LogP contribution in [-0.2, 0) is 20.2 Å². The molecule has 1 heterocycles. The standard InChI is InChI=1S/C22H28N2O4S/c1-14-7-9-17(15(2)11-14)23-21(25)20-13-24(29(6,26)27)18-12-16(22(3,4)5)8-10-19(18)28-20/h7-12,20H,13H2,1-6H3,(H,23,25)/t20-/m0/s1. The molecule has 0 bridgehead atoms. The van der Waals surface area contributed by atoms with Gasteiger partial charge >= 0.3 is 0 Å². The number of amides is 1. The molecule has 7 heteroatoms. The second-order valence-corrected chi connectivity index (χ2v) is 10.5. The molecule has 1 N–H and O–H groups in total. The van der Waals surface area contributed by atoms with Gasteiger partial charge in [-0.25, -0.2) is 8.42 Å². The molecule has 0 radical (unpaired) electrons. The first kappa shape index (κ1) is 21.2. The maximum absolute atomic E-state index is 12.9. The van der Waals surface area contributed by atoms with Crippen molar-refractivity contribution in [3.8, 4) is 5.75 Å². The summed E-state index contributed by atoms with van der Waals surface area (Å²) < 4.78 is 32.1. The van der Waals surface area contributed by atoms with E-state index in [2.05, 4.69) is 26.1 Å². The van der Waals surface area contributed by atoms with Crippen molar-refractivity contribution >= 4 is 27.3 Å². The molecule has 1 aliphatic heterocycles. The van der Waals surface area contributed by atoms with E-state index >= 15 is 0 Å². The molecule has 0 saturated carbocycles. The zero-order chi connectivity index (χ0) is 21.6. The van der Waals surface area contributed by atoms with Gasteiger partial charge in [-0.1, -0.05) is 44.5 Å². The number of nitrogens with zero attached hydrogens (tertiary/aromatic N) is 1. The van der Waals surface area contributed by atoms with Crippen molar-refractivity contribution in [2.75, 3.05) is 22.4 Å². The van der Waals surface area contributed by atoms with Gasteiger partial charge in [0.05, 0.1) is 18.5 Å². The van der Waals surface area contributed by atoms with E-state index in [0.717, 1.165) is 22.9 Å². The summed E-state index contributed by atoms with van der Waals surface area (Å²) in [5, 5.41) is 2.86. The van der Waals surface area contributed by atoms with Crippen LogP contribution < -0.4 is 14.4 Å². The van der Waals surface area contributed by atoms with Crippen LogP contribution in [0.25, 0.3) is 0 Å². The Labute approximate surface area is 172 Å². The maximum atomic E-state index is 12.9. The van der Waals surface area contributed by atoms with E-state index in [-0.39, 0.29) is 17.9 Å². The van der Waals surface area contributed by atoms with Crippen LogP contribution in [0.5, 0.6) is 5.75 Å². The number of anilines is 2. The predicted octanol–water partition coefficient (Wildman–Crippen LogP) is 3.77. The third-order valence-corrected chi connectivity index (χ3v) is 6.17. The highest BCUT2D eigenvalue weighted by Crippen LogP contribution is 2.38. The summed E-state index contributed by atoms with van der Waals surface area (Å²) in [4.78, 5) is 12.9. The molecule has 0 unspecified atom stereocenters. The molecule has 156 valence electrons. The monoisotopic (exact) mass is 416 g/mol. The number of carbonyl (C=O) groups is 1. The fourth-order valence-corrected chi connectivity index (χ4v) is 4.24. The van der Waals surface area contributed by atoms with Crippen molar-refractivity contribution in [3.05, 3.63) is 53.1 Å². The molecule has 3 rings (SSSR count). The van der Waals surface area contributed by atoms with Crippen molar-refractivity contribution in [2.24, 2.45) is 0 Å². The van der Waals surface area contributed by atoms with Gasteiger partial charge in [-0.15, -0.1) is 0 Å². The lowest BCUT2D eigenvalue weighted by atomic mass is 9.86. The number of ether oxygens (including phenoxy) is 1. The average Bonchev–Trinajstić information content (AvgIpc) is 2.61. The Balaban J connectivity index is 1.93. The highest BCUT2D eigenvalue weighted by atomic mass is 32.2. The topological polar surface area (TPSA) is 75.7 Å². The first-order valence-corrected chi connectivity index (χ1v) is 11.4. The zero-order valence-corrected chi connectivity index (χ0v) is 18.6. The van der Waals surface area contributed by atoms with Crippen LogP contribution in [0.3, 0.4) is 0 Å². The van der Waals surface area contributed by atoms with Crippen LogP contribution in [0, 0.1) is 13.8 Å². The fraction of sp³-hybridized carbons (Fsp3) is 0.409. The van der Waals surface area contributed by atoms with Gasteiger partial charge in [0.1, 0.15) is 5.75 Å². The highest BCUT2D eigenvalue weighted by Gasteiger charge is 2.36. The largest absolute Gasteiger partial charge is 0.476 e. The molecule has 0 spiro atoms. The number of nitrogens with one attached hydrogen (secondary N) is 1. The van der Waals surface area contributed by atoms with Crippen molar-refractivity contribution in [1.29, 1.82) is 0 Å².